The molecule has 1 aromatic heterocycles. The summed E-state index contributed by atoms with van der Waals surface area (Å²) in [5.74, 6) is -0.992. The largest absolute Gasteiger partial charge is 0.393 e. The number of rotatable bonds is 5. The smallest absolute Gasteiger partial charge is 0.320 e. The number of pyridine rings is 1. The molecule has 2 fully saturated rings. The zero-order valence-corrected chi connectivity index (χ0v) is 17.8. The van der Waals surface area contributed by atoms with Gasteiger partial charge in [0.15, 0.2) is 0 Å². The van der Waals surface area contributed by atoms with Gasteiger partial charge in [-0.15, -0.1) is 0 Å². The fraction of sp³-hybridized carbons (Fsp3) is 0.455. The van der Waals surface area contributed by atoms with E-state index in [0.29, 0.717) is 50.9 Å². The van der Waals surface area contributed by atoms with Crippen LogP contribution in [0.25, 0.3) is 0 Å². The molecule has 2 aliphatic rings. The zero-order valence-electron chi connectivity index (χ0n) is 17.8. The molecule has 1 unspecified atom stereocenters. The minimum absolute atomic E-state index is 0.144. The van der Waals surface area contributed by atoms with E-state index in [1.807, 2.05) is 0 Å². The lowest BCUT2D eigenvalue weighted by Gasteiger charge is -2.27. The number of aromatic nitrogens is 1. The summed E-state index contributed by atoms with van der Waals surface area (Å²) in [7, 11) is 0. The number of nitrogens with one attached hydrogen (secondary N) is 2. The van der Waals surface area contributed by atoms with Crippen LogP contribution in [-0.4, -0.2) is 39.7 Å². The van der Waals surface area contributed by atoms with E-state index in [2.05, 4.69) is 15.6 Å². The van der Waals surface area contributed by atoms with E-state index in [-0.39, 0.29) is 29.2 Å². The fourth-order valence-corrected chi connectivity index (χ4v) is 4.52. The summed E-state index contributed by atoms with van der Waals surface area (Å²) in [4.78, 5) is 29.4. The Morgan fingerprint density at radius 3 is 2.64 bits per heavy atom. The third kappa shape index (κ3) is 5.19. The summed E-state index contributed by atoms with van der Waals surface area (Å²) >= 11 is 0. The predicted octanol–water partition coefficient (Wildman–Crippen LogP) is 4.03. The number of hydrogen-bond acceptors (Lipinski definition) is 6. The van der Waals surface area contributed by atoms with Crippen molar-refractivity contribution >= 4 is 23.4 Å². The molecule has 1 saturated carbocycles. The van der Waals surface area contributed by atoms with Gasteiger partial charge in [0, 0.05) is 24.2 Å². The van der Waals surface area contributed by atoms with E-state index in [1.165, 1.54) is 12.1 Å². The van der Waals surface area contributed by atoms with Gasteiger partial charge in [-0.05, 0) is 62.8 Å². The van der Waals surface area contributed by atoms with Crippen LogP contribution in [0.4, 0.5) is 30.9 Å². The van der Waals surface area contributed by atoms with Crippen molar-refractivity contribution in [1.82, 2.24) is 10.3 Å². The molecule has 1 aliphatic heterocycles. The molecule has 1 aromatic carbocycles. The highest BCUT2D eigenvalue weighted by molar-refractivity contribution is 5.91. The Kier molecular flexibility index (Phi) is 6.68. The van der Waals surface area contributed by atoms with Crippen molar-refractivity contribution < 1.29 is 23.6 Å². The first-order valence-electron chi connectivity index (χ1n) is 10.9. The number of nitro groups is 1. The molecule has 11 heteroatoms. The molecule has 1 aliphatic carbocycles. The number of nitrogens with zero attached hydrogens (tertiary/aromatic N) is 3. The van der Waals surface area contributed by atoms with Crippen LogP contribution in [0.5, 0.6) is 0 Å². The topological polar surface area (TPSA) is 121 Å². The van der Waals surface area contributed by atoms with Crippen LogP contribution in [0.3, 0.4) is 0 Å². The van der Waals surface area contributed by atoms with Gasteiger partial charge in [0.1, 0.15) is 17.5 Å². The minimum atomic E-state index is -0.642. The maximum Gasteiger partial charge on any atom is 0.320 e. The average molecular weight is 461 g/mol. The van der Waals surface area contributed by atoms with Gasteiger partial charge in [0.05, 0.1) is 17.1 Å². The summed E-state index contributed by atoms with van der Waals surface area (Å²) in [6.45, 7) is 0.501. The summed E-state index contributed by atoms with van der Waals surface area (Å²) in [5, 5.41) is 26.3. The molecule has 33 heavy (non-hydrogen) atoms. The van der Waals surface area contributed by atoms with Crippen LogP contribution in [0.15, 0.2) is 30.3 Å². The highest BCUT2D eigenvalue weighted by Gasteiger charge is 2.31. The number of amides is 2. The summed E-state index contributed by atoms with van der Waals surface area (Å²) in [5.41, 5.74) is -0.181. The van der Waals surface area contributed by atoms with Crippen molar-refractivity contribution in [1.29, 1.82) is 0 Å². The Morgan fingerprint density at radius 2 is 1.91 bits per heavy atom. The van der Waals surface area contributed by atoms with Gasteiger partial charge in [-0.25, -0.2) is 18.6 Å². The maximum atomic E-state index is 14.4. The molecule has 3 N–H and O–H groups in total. The van der Waals surface area contributed by atoms with Crippen molar-refractivity contribution in [2.24, 2.45) is 0 Å². The van der Waals surface area contributed by atoms with Crippen molar-refractivity contribution in [3.05, 3.63) is 57.6 Å². The molecule has 2 amide bonds. The van der Waals surface area contributed by atoms with Crippen LogP contribution >= 0.6 is 0 Å². The van der Waals surface area contributed by atoms with Crippen LogP contribution in [0, 0.1) is 21.7 Å². The third-order valence-corrected chi connectivity index (χ3v) is 6.18. The Hall–Kier alpha value is -3.34. The first-order valence-corrected chi connectivity index (χ1v) is 10.9. The van der Waals surface area contributed by atoms with Gasteiger partial charge in [0.25, 0.3) is 0 Å². The lowest BCUT2D eigenvalue weighted by Crippen LogP contribution is -2.41. The quantitative estimate of drug-likeness (QED) is 0.457. The van der Waals surface area contributed by atoms with Gasteiger partial charge in [-0.3, -0.25) is 15.4 Å². The van der Waals surface area contributed by atoms with Gasteiger partial charge in [-0.1, -0.05) is 0 Å². The Labute approximate surface area is 189 Å². The number of aliphatic hydroxyl groups excluding tert-OH is 1. The first kappa shape index (κ1) is 22.8. The Morgan fingerprint density at radius 1 is 1.15 bits per heavy atom. The fourth-order valence-electron chi connectivity index (χ4n) is 4.52. The van der Waals surface area contributed by atoms with E-state index in [9.17, 15) is 28.8 Å². The standard InChI is InChI=1S/C22H25F2N5O4/c23-13-3-8-17(24)16(12-13)18-2-1-11-28(18)20-10-9-19(29(32)33)21(26-20)27-22(31)25-14-4-6-15(30)7-5-14/h3,8-10,12,14-15,18,30H,1-2,4-7,11H2,(H2,25,26,27,31). The predicted molar refractivity (Wildman–Crippen MR) is 117 cm³/mol. The SMILES string of the molecule is O=C(Nc1nc(N2CCCC2c2cc(F)ccc2F)ccc1[N+](=O)[O-])NC1CCC(O)CC1. The van der Waals surface area contributed by atoms with Crippen molar-refractivity contribution in [2.75, 3.05) is 16.8 Å². The maximum absolute atomic E-state index is 14.4. The molecule has 0 spiro atoms. The van der Waals surface area contributed by atoms with Crippen molar-refractivity contribution in [2.45, 2.75) is 56.7 Å². The number of urea groups is 1. The summed E-state index contributed by atoms with van der Waals surface area (Å²) in [6, 6.07) is 4.71. The van der Waals surface area contributed by atoms with E-state index in [4.69, 9.17) is 0 Å². The minimum Gasteiger partial charge on any atom is -0.393 e. The normalized spacial score (nSPS) is 22.8. The molecule has 1 saturated heterocycles. The highest BCUT2D eigenvalue weighted by atomic mass is 19.1. The number of aliphatic hydroxyl groups is 1. The molecule has 2 heterocycles. The lowest BCUT2D eigenvalue weighted by atomic mass is 9.93. The van der Waals surface area contributed by atoms with Crippen molar-refractivity contribution in [3.63, 3.8) is 0 Å². The Bertz CT molecular complexity index is 1050. The number of carbonyl (C=O) groups is 1. The molecule has 1 atom stereocenters. The summed E-state index contributed by atoms with van der Waals surface area (Å²) < 4.78 is 28.1. The number of benzene rings is 1. The second-order valence-corrected chi connectivity index (χ2v) is 8.42. The van der Waals surface area contributed by atoms with Gasteiger partial charge >= 0.3 is 11.7 Å². The molecular formula is C22H25F2N5O4. The van der Waals surface area contributed by atoms with Crippen molar-refractivity contribution in [3.8, 4) is 0 Å². The number of halogens is 2. The van der Waals surface area contributed by atoms with Crippen LogP contribution in [0.2, 0.25) is 0 Å². The highest BCUT2D eigenvalue weighted by Crippen LogP contribution is 2.38. The molecular weight excluding hydrogens is 436 g/mol. The van der Waals surface area contributed by atoms with Crippen LogP contribution in [0.1, 0.15) is 50.1 Å². The van der Waals surface area contributed by atoms with Crippen LogP contribution < -0.4 is 15.5 Å². The Balaban J connectivity index is 1.56. The summed E-state index contributed by atoms with van der Waals surface area (Å²) in [6.07, 6.45) is 3.27. The monoisotopic (exact) mass is 461 g/mol. The number of carbonyl (C=O) groups excluding carboxylic acids is 1. The van der Waals surface area contributed by atoms with Gasteiger partial charge in [0.2, 0.25) is 5.82 Å². The molecule has 9 nitrogen and oxygen atoms in total. The lowest BCUT2D eigenvalue weighted by molar-refractivity contribution is -0.384. The van der Waals surface area contributed by atoms with Crippen LogP contribution in [-0.2, 0) is 0 Å². The van der Waals surface area contributed by atoms with Gasteiger partial charge < -0.3 is 15.3 Å². The van der Waals surface area contributed by atoms with Gasteiger partial charge in [-0.2, -0.15) is 0 Å². The van der Waals surface area contributed by atoms with E-state index >= 15 is 0 Å². The van der Waals surface area contributed by atoms with E-state index < -0.39 is 28.6 Å². The number of anilines is 2. The average Bonchev–Trinajstić information content (AvgIpc) is 3.26. The molecule has 176 valence electrons. The van der Waals surface area contributed by atoms with E-state index in [1.54, 1.807) is 4.90 Å². The van der Waals surface area contributed by atoms with E-state index in [0.717, 1.165) is 18.2 Å². The number of hydrogen-bond donors (Lipinski definition) is 3. The molecule has 0 radical (unpaired) electrons. The third-order valence-electron chi connectivity index (χ3n) is 6.18. The first-order chi connectivity index (χ1) is 15.8. The zero-order chi connectivity index (χ0) is 23.5. The molecule has 0 bridgehead atoms. The molecule has 2 aromatic rings. The second kappa shape index (κ2) is 9.65. The second-order valence-electron chi connectivity index (χ2n) is 8.42. The molecule has 4 rings (SSSR count).